The van der Waals surface area contributed by atoms with Crippen molar-refractivity contribution in [3.8, 4) is 0 Å². The van der Waals surface area contributed by atoms with Crippen LogP contribution in [0.3, 0.4) is 0 Å². The number of H-pyrrole nitrogens is 1. The summed E-state index contributed by atoms with van der Waals surface area (Å²) in [6, 6.07) is 4.98. The zero-order chi connectivity index (χ0) is 15.6. The van der Waals surface area contributed by atoms with Gasteiger partial charge < -0.3 is 15.4 Å². The lowest BCUT2D eigenvalue weighted by molar-refractivity contribution is 0.0698. The van der Waals surface area contributed by atoms with Crippen molar-refractivity contribution in [3.05, 3.63) is 62.0 Å². The number of carboxylic acid groups (broad SMARTS) is 1. The summed E-state index contributed by atoms with van der Waals surface area (Å²) < 4.78 is 0. The maximum absolute atomic E-state index is 12.0. The number of amides is 1. The molecule has 1 aromatic carbocycles. The molecule has 0 bridgehead atoms. The van der Waals surface area contributed by atoms with Crippen LogP contribution >= 0.6 is 23.2 Å². The number of aromatic amines is 1. The Labute approximate surface area is 128 Å². The lowest BCUT2D eigenvalue weighted by atomic mass is 10.1. The fourth-order valence-corrected chi connectivity index (χ4v) is 2.15. The molecular formula is C13H8Cl2N2O4. The second-order valence-electron chi connectivity index (χ2n) is 4.01. The molecular weight excluding hydrogens is 319 g/mol. The molecule has 8 heteroatoms. The first kappa shape index (κ1) is 15.1. The number of rotatable bonds is 3. The van der Waals surface area contributed by atoms with Crippen LogP contribution in [-0.4, -0.2) is 22.0 Å². The molecule has 2 rings (SSSR count). The molecule has 6 nitrogen and oxygen atoms in total. The van der Waals surface area contributed by atoms with E-state index < -0.39 is 11.9 Å². The van der Waals surface area contributed by atoms with Gasteiger partial charge in [0.15, 0.2) is 0 Å². The fourth-order valence-electron chi connectivity index (χ4n) is 1.61. The average molecular weight is 327 g/mol. The van der Waals surface area contributed by atoms with Gasteiger partial charge in [0.1, 0.15) is 0 Å². The molecule has 0 fully saturated rings. The number of pyridine rings is 1. The molecule has 0 unspecified atom stereocenters. The first-order valence-electron chi connectivity index (χ1n) is 5.61. The Morgan fingerprint density at radius 1 is 1.19 bits per heavy atom. The van der Waals surface area contributed by atoms with Gasteiger partial charge >= 0.3 is 5.97 Å². The molecule has 0 saturated carbocycles. The zero-order valence-corrected chi connectivity index (χ0v) is 11.8. The molecule has 0 spiro atoms. The van der Waals surface area contributed by atoms with Crippen LogP contribution in [0, 0.1) is 0 Å². The largest absolute Gasteiger partial charge is 0.478 e. The number of carbonyl (C=O) groups is 2. The number of hydrogen-bond donors (Lipinski definition) is 3. The Hall–Kier alpha value is -2.31. The zero-order valence-electron chi connectivity index (χ0n) is 10.3. The van der Waals surface area contributed by atoms with Crippen LogP contribution in [0.1, 0.15) is 20.7 Å². The van der Waals surface area contributed by atoms with E-state index in [-0.39, 0.29) is 32.4 Å². The first-order valence-corrected chi connectivity index (χ1v) is 6.36. The number of hydrogen-bond acceptors (Lipinski definition) is 3. The molecule has 1 heterocycles. The third kappa shape index (κ3) is 3.42. The summed E-state index contributed by atoms with van der Waals surface area (Å²) in [5, 5.41) is 11.6. The number of aromatic carboxylic acids is 1. The van der Waals surface area contributed by atoms with Crippen LogP contribution in [-0.2, 0) is 0 Å². The lowest BCUT2D eigenvalue weighted by Crippen LogP contribution is -2.17. The smallest absolute Gasteiger partial charge is 0.337 e. The van der Waals surface area contributed by atoms with Crippen molar-refractivity contribution in [2.45, 2.75) is 0 Å². The minimum absolute atomic E-state index is 0.00215. The van der Waals surface area contributed by atoms with Gasteiger partial charge in [-0.3, -0.25) is 9.59 Å². The molecule has 0 aliphatic heterocycles. The highest BCUT2D eigenvalue weighted by molar-refractivity contribution is 6.38. The van der Waals surface area contributed by atoms with E-state index in [0.29, 0.717) is 0 Å². The number of aromatic nitrogens is 1. The second-order valence-corrected chi connectivity index (χ2v) is 4.85. The van der Waals surface area contributed by atoms with Crippen LogP contribution in [0.15, 0.2) is 35.3 Å². The SMILES string of the molecule is O=C(Nc1c(Cl)cc(Cl)cc1C(=O)O)c1ccc(=O)[nH]c1. The molecule has 3 N–H and O–H groups in total. The fraction of sp³-hybridized carbons (Fsp3) is 0. The van der Waals surface area contributed by atoms with E-state index in [1.54, 1.807) is 0 Å². The maximum Gasteiger partial charge on any atom is 0.337 e. The van der Waals surface area contributed by atoms with Gasteiger partial charge in [-0.25, -0.2) is 4.79 Å². The van der Waals surface area contributed by atoms with Crippen molar-refractivity contribution >= 4 is 40.8 Å². The number of carbonyl (C=O) groups excluding carboxylic acids is 1. The Balaban J connectivity index is 2.39. The average Bonchev–Trinajstić information content (AvgIpc) is 2.41. The van der Waals surface area contributed by atoms with Crippen LogP contribution < -0.4 is 10.9 Å². The number of benzene rings is 1. The molecule has 0 aliphatic carbocycles. The summed E-state index contributed by atoms with van der Waals surface area (Å²) in [6.07, 6.45) is 1.21. The molecule has 0 atom stereocenters. The van der Waals surface area contributed by atoms with Crippen molar-refractivity contribution in [2.24, 2.45) is 0 Å². The van der Waals surface area contributed by atoms with Gasteiger partial charge in [0, 0.05) is 17.3 Å². The van der Waals surface area contributed by atoms with Crippen LogP contribution in [0.4, 0.5) is 5.69 Å². The molecule has 21 heavy (non-hydrogen) atoms. The molecule has 1 aromatic heterocycles. The van der Waals surface area contributed by atoms with Crippen LogP contribution in [0.5, 0.6) is 0 Å². The Morgan fingerprint density at radius 3 is 2.48 bits per heavy atom. The maximum atomic E-state index is 12.0. The van der Waals surface area contributed by atoms with Crippen molar-refractivity contribution in [3.63, 3.8) is 0 Å². The van der Waals surface area contributed by atoms with Gasteiger partial charge in [0.25, 0.3) is 5.91 Å². The molecule has 1 amide bonds. The van der Waals surface area contributed by atoms with E-state index >= 15 is 0 Å². The molecule has 0 radical (unpaired) electrons. The standard InChI is InChI=1S/C13H8Cl2N2O4/c14-7-3-8(13(20)21)11(9(15)4-7)17-12(19)6-1-2-10(18)16-5-6/h1-5H,(H,16,18)(H,17,19)(H,20,21). The summed E-state index contributed by atoms with van der Waals surface area (Å²) >= 11 is 11.7. The monoisotopic (exact) mass is 326 g/mol. The summed E-state index contributed by atoms with van der Waals surface area (Å²) in [4.78, 5) is 36.5. The van der Waals surface area contributed by atoms with E-state index in [1.165, 1.54) is 30.5 Å². The second kappa shape index (κ2) is 5.99. The highest BCUT2D eigenvalue weighted by atomic mass is 35.5. The van der Waals surface area contributed by atoms with E-state index in [2.05, 4.69) is 10.3 Å². The van der Waals surface area contributed by atoms with Crippen LogP contribution in [0.2, 0.25) is 10.0 Å². The minimum atomic E-state index is -1.28. The molecule has 2 aromatic rings. The van der Waals surface area contributed by atoms with Gasteiger partial charge in [-0.1, -0.05) is 23.2 Å². The number of anilines is 1. The highest BCUT2D eigenvalue weighted by Crippen LogP contribution is 2.30. The van der Waals surface area contributed by atoms with Gasteiger partial charge in [-0.15, -0.1) is 0 Å². The van der Waals surface area contributed by atoms with Crippen molar-refractivity contribution in [1.29, 1.82) is 0 Å². The van der Waals surface area contributed by atoms with Crippen molar-refractivity contribution < 1.29 is 14.7 Å². The number of carboxylic acids is 1. The van der Waals surface area contributed by atoms with Gasteiger partial charge in [-0.05, 0) is 18.2 Å². The quantitative estimate of drug-likeness (QED) is 0.807. The van der Waals surface area contributed by atoms with Gasteiger partial charge in [0.2, 0.25) is 5.56 Å². The van der Waals surface area contributed by atoms with Gasteiger partial charge in [-0.2, -0.15) is 0 Å². The van der Waals surface area contributed by atoms with Crippen LogP contribution in [0.25, 0.3) is 0 Å². The van der Waals surface area contributed by atoms with Crippen molar-refractivity contribution in [2.75, 3.05) is 5.32 Å². The number of halogens is 2. The van der Waals surface area contributed by atoms with E-state index in [9.17, 15) is 14.4 Å². The summed E-state index contributed by atoms with van der Waals surface area (Å²) in [5.74, 6) is -1.89. The van der Waals surface area contributed by atoms with Gasteiger partial charge in [0.05, 0.1) is 21.8 Å². The normalized spacial score (nSPS) is 10.2. The Morgan fingerprint density at radius 2 is 1.90 bits per heavy atom. The van der Waals surface area contributed by atoms with E-state index in [4.69, 9.17) is 28.3 Å². The van der Waals surface area contributed by atoms with Crippen molar-refractivity contribution in [1.82, 2.24) is 4.98 Å². The molecule has 0 aliphatic rings. The van der Waals surface area contributed by atoms with E-state index in [1.807, 2.05) is 0 Å². The molecule has 108 valence electrons. The van der Waals surface area contributed by atoms with E-state index in [0.717, 1.165) is 0 Å². The topological polar surface area (TPSA) is 99.3 Å². The Bertz CT molecular complexity index is 766. The third-order valence-electron chi connectivity index (χ3n) is 2.57. The molecule has 0 saturated heterocycles. The number of nitrogens with one attached hydrogen (secondary N) is 2. The predicted molar refractivity (Wildman–Crippen MR) is 78.4 cm³/mol. The minimum Gasteiger partial charge on any atom is -0.478 e. The summed E-state index contributed by atoms with van der Waals surface area (Å²) in [7, 11) is 0. The summed E-state index contributed by atoms with van der Waals surface area (Å²) in [5.41, 5.74) is -0.505. The Kier molecular flexibility index (Phi) is 4.30. The third-order valence-corrected chi connectivity index (χ3v) is 3.09. The highest BCUT2D eigenvalue weighted by Gasteiger charge is 2.18. The predicted octanol–water partition coefficient (Wildman–Crippen LogP) is 2.63. The lowest BCUT2D eigenvalue weighted by Gasteiger charge is -2.11. The summed E-state index contributed by atoms with van der Waals surface area (Å²) in [6.45, 7) is 0. The first-order chi connectivity index (χ1) is 9.88.